The maximum Gasteiger partial charge on any atom is 0.127 e. The van der Waals surface area contributed by atoms with Gasteiger partial charge in [-0.05, 0) is 38.8 Å². The summed E-state index contributed by atoms with van der Waals surface area (Å²) in [5, 5.41) is 3.15. The third-order valence-corrected chi connectivity index (χ3v) is 3.32. The second kappa shape index (κ2) is 6.60. The van der Waals surface area contributed by atoms with Crippen LogP contribution in [-0.4, -0.2) is 18.1 Å². The van der Waals surface area contributed by atoms with E-state index in [0.29, 0.717) is 6.10 Å². The SMILES string of the molecule is CNCc1cnccc1OC1CCCCCC1. The van der Waals surface area contributed by atoms with Crippen molar-refractivity contribution >= 4 is 0 Å². The van der Waals surface area contributed by atoms with Gasteiger partial charge in [0.25, 0.3) is 0 Å². The summed E-state index contributed by atoms with van der Waals surface area (Å²) in [6, 6.07) is 1.98. The lowest BCUT2D eigenvalue weighted by atomic mass is 10.1. The Morgan fingerprint density at radius 3 is 2.76 bits per heavy atom. The molecule has 3 heteroatoms. The lowest BCUT2D eigenvalue weighted by Crippen LogP contribution is -2.17. The van der Waals surface area contributed by atoms with E-state index in [-0.39, 0.29) is 0 Å². The van der Waals surface area contributed by atoms with Crippen LogP contribution in [0.3, 0.4) is 0 Å². The number of pyridine rings is 1. The fourth-order valence-corrected chi connectivity index (χ4v) is 2.39. The molecule has 0 radical (unpaired) electrons. The minimum atomic E-state index is 0.399. The van der Waals surface area contributed by atoms with Crippen molar-refractivity contribution in [1.82, 2.24) is 10.3 Å². The van der Waals surface area contributed by atoms with E-state index in [9.17, 15) is 0 Å². The number of hydrogen-bond donors (Lipinski definition) is 1. The monoisotopic (exact) mass is 234 g/mol. The van der Waals surface area contributed by atoms with Crippen molar-refractivity contribution in [3.05, 3.63) is 24.0 Å². The van der Waals surface area contributed by atoms with Crippen LogP contribution < -0.4 is 10.1 Å². The fourth-order valence-electron chi connectivity index (χ4n) is 2.39. The Hall–Kier alpha value is -1.09. The first-order chi connectivity index (χ1) is 8.40. The van der Waals surface area contributed by atoms with Crippen LogP contribution in [0.4, 0.5) is 0 Å². The quantitative estimate of drug-likeness (QED) is 0.813. The molecule has 0 aliphatic heterocycles. The Morgan fingerprint density at radius 1 is 1.29 bits per heavy atom. The summed E-state index contributed by atoms with van der Waals surface area (Å²) in [7, 11) is 1.95. The molecule has 1 aliphatic carbocycles. The van der Waals surface area contributed by atoms with Gasteiger partial charge in [-0.3, -0.25) is 4.98 Å². The van der Waals surface area contributed by atoms with Crippen molar-refractivity contribution in [3.8, 4) is 5.75 Å². The van der Waals surface area contributed by atoms with Gasteiger partial charge in [-0.15, -0.1) is 0 Å². The van der Waals surface area contributed by atoms with E-state index in [2.05, 4.69) is 10.3 Å². The van der Waals surface area contributed by atoms with Gasteiger partial charge in [-0.2, -0.15) is 0 Å². The molecule has 1 aromatic rings. The molecular weight excluding hydrogens is 212 g/mol. The van der Waals surface area contributed by atoms with Crippen LogP contribution in [0.1, 0.15) is 44.1 Å². The molecule has 0 atom stereocenters. The molecule has 1 N–H and O–H groups in total. The Labute approximate surface area is 104 Å². The zero-order valence-electron chi connectivity index (χ0n) is 10.6. The zero-order chi connectivity index (χ0) is 11.9. The molecule has 1 aliphatic rings. The molecule has 0 spiro atoms. The second-order valence-corrected chi connectivity index (χ2v) is 4.75. The average molecular weight is 234 g/mol. The van der Waals surface area contributed by atoms with E-state index >= 15 is 0 Å². The number of nitrogens with one attached hydrogen (secondary N) is 1. The van der Waals surface area contributed by atoms with Gasteiger partial charge in [0.05, 0.1) is 6.10 Å². The molecule has 1 aromatic heterocycles. The van der Waals surface area contributed by atoms with Gasteiger partial charge in [-0.25, -0.2) is 0 Å². The van der Waals surface area contributed by atoms with Gasteiger partial charge < -0.3 is 10.1 Å². The molecule has 1 fully saturated rings. The Balaban J connectivity index is 2.00. The number of nitrogens with zero attached hydrogens (tertiary/aromatic N) is 1. The lowest BCUT2D eigenvalue weighted by Gasteiger charge is -2.19. The van der Waals surface area contributed by atoms with Crippen molar-refractivity contribution in [2.75, 3.05) is 7.05 Å². The maximum atomic E-state index is 6.14. The topological polar surface area (TPSA) is 34.2 Å². The van der Waals surface area contributed by atoms with Crippen LogP contribution in [0.25, 0.3) is 0 Å². The summed E-state index contributed by atoms with van der Waals surface area (Å²) in [4.78, 5) is 4.16. The predicted molar refractivity (Wildman–Crippen MR) is 69.1 cm³/mol. The Morgan fingerprint density at radius 2 is 2.06 bits per heavy atom. The summed E-state index contributed by atoms with van der Waals surface area (Å²) < 4.78 is 6.14. The predicted octanol–water partition coefficient (Wildman–Crippen LogP) is 2.90. The van der Waals surface area contributed by atoms with E-state index < -0.39 is 0 Å². The largest absolute Gasteiger partial charge is 0.490 e. The molecule has 0 saturated heterocycles. The lowest BCUT2D eigenvalue weighted by molar-refractivity contribution is 0.181. The normalized spacial score (nSPS) is 17.7. The van der Waals surface area contributed by atoms with Crippen LogP contribution in [0.2, 0.25) is 0 Å². The van der Waals surface area contributed by atoms with E-state index in [4.69, 9.17) is 4.74 Å². The van der Waals surface area contributed by atoms with Gasteiger partial charge in [0.2, 0.25) is 0 Å². The minimum Gasteiger partial charge on any atom is -0.490 e. The first-order valence-electron chi connectivity index (χ1n) is 6.64. The summed E-state index contributed by atoms with van der Waals surface area (Å²) in [6.45, 7) is 0.815. The molecular formula is C14H22N2O. The van der Waals surface area contributed by atoms with Gasteiger partial charge in [0.15, 0.2) is 0 Å². The standard InChI is InChI=1S/C14H22N2O/c1-15-10-12-11-16-9-8-14(12)17-13-6-4-2-3-5-7-13/h8-9,11,13,15H,2-7,10H2,1H3. The highest BCUT2D eigenvalue weighted by atomic mass is 16.5. The highest BCUT2D eigenvalue weighted by Crippen LogP contribution is 2.24. The van der Waals surface area contributed by atoms with Gasteiger partial charge >= 0.3 is 0 Å². The van der Waals surface area contributed by atoms with E-state index in [1.165, 1.54) is 38.5 Å². The third kappa shape index (κ3) is 3.70. The molecule has 17 heavy (non-hydrogen) atoms. The highest BCUT2D eigenvalue weighted by molar-refractivity contribution is 5.30. The van der Waals surface area contributed by atoms with Crippen molar-refractivity contribution in [2.45, 2.75) is 51.2 Å². The summed E-state index contributed by atoms with van der Waals surface area (Å²) in [5.74, 6) is 1.00. The fraction of sp³-hybridized carbons (Fsp3) is 0.643. The van der Waals surface area contributed by atoms with Gasteiger partial charge in [0.1, 0.15) is 5.75 Å². The smallest absolute Gasteiger partial charge is 0.127 e. The van der Waals surface area contributed by atoms with Crippen molar-refractivity contribution in [1.29, 1.82) is 0 Å². The second-order valence-electron chi connectivity index (χ2n) is 4.75. The van der Waals surface area contributed by atoms with E-state index in [0.717, 1.165) is 17.9 Å². The summed E-state index contributed by atoms with van der Waals surface area (Å²) in [5.41, 5.74) is 1.15. The summed E-state index contributed by atoms with van der Waals surface area (Å²) >= 11 is 0. The van der Waals surface area contributed by atoms with Crippen molar-refractivity contribution in [3.63, 3.8) is 0 Å². The molecule has 0 amide bonds. The molecule has 0 aromatic carbocycles. The van der Waals surface area contributed by atoms with E-state index in [1.807, 2.05) is 25.5 Å². The Bertz CT molecular complexity index is 333. The van der Waals surface area contributed by atoms with Crippen LogP contribution in [0, 0.1) is 0 Å². The zero-order valence-corrected chi connectivity index (χ0v) is 10.6. The van der Waals surface area contributed by atoms with Crippen LogP contribution in [0.5, 0.6) is 5.75 Å². The summed E-state index contributed by atoms with van der Waals surface area (Å²) in [6.07, 6.45) is 11.8. The van der Waals surface area contributed by atoms with Gasteiger partial charge in [-0.1, -0.05) is 12.8 Å². The average Bonchev–Trinajstić information content (AvgIpc) is 2.61. The number of aromatic nitrogens is 1. The molecule has 0 bridgehead atoms. The van der Waals surface area contributed by atoms with E-state index in [1.54, 1.807) is 0 Å². The molecule has 0 unspecified atom stereocenters. The molecule has 94 valence electrons. The molecule has 1 saturated carbocycles. The maximum absolute atomic E-state index is 6.14. The first-order valence-corrected chi connectivity index (χ1v) is 6.64. The van der Waals surface area contributed by atoms with Crippen molar-refractivity contribution in [2.24, 2.45) is 0 Å². The highest BCUT2D eigenvalue weighted by Gasteiger charge is 2.15. The molecule has 3 nitrogen and oxygen atoms in total. The number of ether oxygens (including phenoxy) is 1. The van der Waals surface area contributed by atoms with Crippen molar-refractivity contribution < 1.29 is 4.74 Å². The molecule has 1 heterocycles. The minimum absolute atomic E-state index is 0.399. The number of hydrogen-bond acceptors (Lipinski definition) is 3. The van der Waals surface area contributed by atoms with Gasteiger partial charge in [0, 0.05) is 24.5 Å². The number of rotatable bonds is 4. The Kier molecular flexibility index (Phi) is 4.80. The van der Waals surface area contributed by atoms with Crippen LogP contribution in [0.15, 0.2) is 18.5 Å². The van der Waals surface area contributed by atoms with Crippen LogP contribution >= 0.6 is 0 Å². The molecule has 2 rings (SSSR count). The third-order valence-electron chi connectivity index (χ3n) is 3.32. The first kappa shape index (κ1) is 12.4. The van der Waals surface area contributed by atoms with Crippen LogP contribution in [-0.2, 0) is 6.54 Å².